The zero-order chi connectivity index (χ0) is 21.2. The molecule has 1 aromatic carbocycles. The number of rotatable bonds is 8. The highest BCUT2D eigenvalue weighted by Crippen LogP contribution is 2.19. The normalized spacial score (nSPS) is 20.3. The Morgan fingerprint density at radius 1 is 1.23 bits per heavy atom. The molecule has 2 fully saturated rings. The Hall–Kier alpha value is -1.06. The van der Waals surface area contributed by atoms with Gasteiger partial charge in [0.15, 0.2) is 5.96 Å². The number of nitrogens with one attached hydrogen (secondary N) is 1. The Labute approximate surface area is 205 Å². The van der Waals surface area contributed by atoms with E-state index in [9.17, 15) is 0 Å². The van der Waals surface area contributed by atoms with Crippen molar-refractivity contribution in [2.45, 2.75) is 58.2 Å². The standard InChI is InChI=1S/C24H40N4O2.HI/c1-4-27(23-11-6-5-9-20(23)2)17-14-26-24(25-3)28-15-12-21(13-16-28)30-19-22-10-7-8-18-29-22;/h5-6,9,11,21-22H,4,7-8,10,12-19H2,1-3H3,(H,25,26);1H. The van der Waals surface area contributed by atoms with Crippen LogP contribution in [0.1, 0.15) is 44.6 Å². The number of likely N-dealkylation sites (tertiary alicyclic amines) is 1. The third-order valence-corrected chi connectivity index (χ3v) is 6.25. The molecule has 2 saturated heterocycles. The lowest BCUT2D eigenvalue weighted by molar-refractivity contribution is -0.0721. The highest BCUT2D eigenvalue weighted by molar-refractivity contribution is 14.0. The molecule has 1 atom stereocenters. The van der Waals surface area contributed by atoms with Crippen molar-refractivity contribution in [1.29, 1.82) is 0 Å². The minimum atomic E-state index is 0. The Morgan fingerprint density at radius 2 is 2.00 bits per heavy atom. The molecule has 0 aromatic heterocycles. The molecule has 0 radical (unpaired) electrons. The van der Waals surface area contributed by atoms with Crippen LogP contribution in [0.2, 0.25) is 0 Å². The predicted molar refractivity (Wildman–Crippen MR) is 140 cm³/mol. The van der Waals surface area contributed by atoms with Crippen LogP contribution in [-0.4, -0.2) is 76.1 Å². The van der Waals surface area contributed by atoms with E-state index < -0.39 is 0 Å². The van der Waals surface area contributed by atoms with Gasteiger partial charge in [0.25, 0.3) is 0 Å². The number of aliphatic imine (C=N–C) groups is 1. The van der Waals surface area contributed by atoms with Gasteiger partial charge in [-0.1, -0.05) is 18.2 Å². The average Bonchev–Trinajstić information content (AvgIpc) is 2.80. The topological polar surface area (TPSA) is 49.3 Å². The maximum atomic E-state index is 6.15. The fourth-order valence-corrected chi connectivity index (χ4v) is 4.42. The summed E-state index contributed by atoms with van der Waals surface area (Å²) < 4.78 is 11.9. The number of hydrogen-bond acceptors (Lipinski definition) is 4. The molecular formula is C24H41IN4O2. The second-order valence-electron chi connectivity index (χ2n) is 8.35. The summed E-state index contributed by atoms with van der Waals surface area (Å²) in [5, 5.41) is 3.57. The van der Waals surface area contributed by atoms with Crippen molar-refractivity contribution in [2.24, 2.45) is 4.99 Å². The zero-order valence-corrected chi connectivity index (χ0v) is 21.8. The van der Waals surface area contributed by atoms with E-state index in [4.69, 9.17) is 9.47 Å². The molecule has 0 spiro atoms. The molecule has 0 aliphatic carbocycles. The second kappa shape index (κ2) is 14.2. The van der Waals surface area contributed by atoms with Crippen LogP contribution < -0.4 is 10.2 Å². The number of piperidine rings is 1. The summed E-state index contributed by atoms with van der Waals surface area (Å²) >= 11 is 0. The van der Waals surface area contributed by atoms with Gasteiger partial charge < -0.3 is 24.6 Å². The number of aryl methyl sites for hydroxylation is 1. The van der Waals surface area contributed by atoms with Crippen LogP contribution in [0.5, 0.6) is 0 Å². The highest BCUT2D eigenvalue weighted by Gasteiger charge is 2.23. The van der Waals surface area contributed by atoms with Gasteiger partial charge in [0.05, 0.1) is 18.8 Å². The Kier molecular flexibility index (Phi) is 12.0. The number of likely N-dealkylation sites (N-methyl/N-ethyl adjacent to an activating group) is 1. The third-order valence-electron chi connectivity index (χ3n) is 6.25. The average molecular weight is 545 g/mol. The van der Waals surface area contributed by atoms with Gasteiger partial charge in [0.2, 0.25) is 0 Å². The lowest BCUT2D eigenvalue weighted by Crippen LogP contribution is -2.48. The van der Waals surface area contributed by atoms with Crippen LogP contribution in [0, 0.1) is 6.92 Å². The van der Waals surface area contributed by atoms with Crippen molar-refractivity contribution in [2.75, 3.05) is 57.9 Å². The maximum absolute atomic E-state index is 6.15. The SMILES string of the molecule is CCN(CCNC(=NC)N1CCC(OCC2CCCCO2)CC1)c1ccccc1C.I. The van der Waals surface area contributed by atoms with E-state index in [2.05, 4.69) is 58.2 Å². The molecule has 176 valence electrons. The summed E-state index contributed by atoms with van der Waals surface area (Å²) in [7, 11) is 1.88. The summed E-state index contributed by atoms with van der Waals surface area (Å²) in [6, 6.07) is 8.60. The van der Waals surface area contributed by atoms with Crippen LogP contribution in [-0.2, 0) is 9.47 Å². The van der Waals surface area contributed by atoms with E-state index in [1.807, 2.05) is 7.05 Å². The van der Waals surface area contributed by atoms with Crippen LogP contribution in [0.25, 0.3) is 0 Å². The predicted octanol–water partition coefficient (Wildman–Crippen LogP) is 4.06. The largest absolute Gasteiger partial charge is 0.376 e. The number of ether oxygens (including phenoxy) is 2. The van der Waals surface area contributed by atoms with Gasteiger partial charge in [-0.2, -0.15) is 0 Å². The summed E-state index contributed by atoms with van der Waals surface area (Å²) in [5.41, 5.74) is 2.64. The van der Waals surface area contributed by atoms with E-state index in [1.165, 1.54) is 24.1 Å². The van der Waals surface area contributed by atoms with Gasteiger partial charge in [-0.25, -0.2) is 0 Å². The number of benzene rings is 1. The fourth-order valence-electron chi connectivity index (χ4n) is 4.42. The molecule has 0 bridgehead atoms. The first-order valence-electron chi connectivity index (χ1n) is 11.7. The summed E-state index contributed by atoms with van der Waals surface area (Å²) in [4.78, 5) is 9.30. The third kappa shape index (κ3) is 8.09. The summed E-state index contributed by atoms with van der Waals surface area (Å²) in [5.74, 6) is 1.00. The molecule has 1 N–H and O–H groups in total. The minimum absolute atomic E-state index is 0. The summed E-state index contributed by atoms with van der Waals surface area (Å²) in [6.07, 6.45) is 6.38. The minimum Gasteiger partial charge on any atom is -0.376 e. The maximum Gasteiger partial charge on any atom is 0.193 e. The number of para-hydroxylation sites is 1. The molecule has 31 heavy (non-hydrogen) atoms. The molecule has 1 unspecified atom stereocenters. The molecule has 1 aromatic rings. The van der Waals surface area contributed by atoms with Crippen molar-refractivity contribution in [1.82, 2.24) is 10.2 Å². The molecular weight excluding hydrogens is 503 g/mol. The van der Waals surface area contributed by atoms with Crippen LogP contribution in [0.15, 0.2) is 29.3 Å². The molecule has 2 aliphatic rings. The van der Waals surface area contributed by atoms with Crippen molar-refractivity contribution >= 4 is 35.6 Å². The molecule has 6 nitrogen and oxygen atoms in total. The highest BCUT2D eigenvalue weighted by atomic mass is 127. The molecule has 3 rings (SSSR count). The molecule has 0 amide bonds. The van der Waals surface area contributed by atoms with E-state index in [1.54, 1.807) is 0 Å². The van der Waals surface area contributed by atoms with Gasteiger partial charge in [0, 0.05) is 52.1 Å². The van der Waals surface area contributed by atoms with Crippen LogP contribution in [0.4, 0.5) is 5.69 Å². The molecule has 2 heterocycles. The first-order valence-corrected chi connectivity index (χ1v) is 11.7. The van der Waals surface area contributed by atoms with E-state index in [0.717, 1.165) is 71.2 Å². The van der Waals surface area contributed by atoms with Crippen LogP contribution in [0.3, 0.4) is 0 Å². The lowest BCUT2D eigenvalue weighted by atomic mass is 10.1. The van der Waals surface area contributed by atoms with E-state index >= 15 is 0 Å². The number of hydrogen-bond donors (Lipinski definition) is 1. The van der Waals surface area contributed by atoms with Crippen molar-refractivity contribution in [3.05, 3.63) is 29.8 Å². The van der Waals surface area contributed by atoms with Gasteiger partial charge in [0.1, 0.15) is 0 Å². The monoisotopic (exact) mass is 544 g/mol. The first kappa shape index (κ1) is 26.2. The van der Waals surface area contributed by atoms with Gasteiger partial charge in [-0.15, -0.1) is 24.0 Å². The van der Waals surface area contributed by atoms with Gasteiger partial charge in [-0.3, -0.25) is 4.99 Å². The number of anilines is 1. The zero-order valence-electron chi connectivity index (χ0n) is 19.5. The van der Waals surface area contributed by atoms with Gasteiger partial charge >= 0.3 is 0 Å². The van der Waals surface area contributed by atoms with Gasteiger partial charge in [-0.05, 0) is 57.6 Å². The number of guanidine groups is 1. The number of halogens is 1. The van der Waals surface area contributed by atoms with E-state index in [0.29, 0.717) is 12.2 Å². The lowest BCUT2D eigenvalue weighted by Gasteiger charge is -2.35. The second-order valence-corrected chi connectivity index (χ2v) is 8.35. The Bertz CT molecular complexity index is 659. The van der Waals surface area contributed by atoms with E-state index in [-0.39, 0.29) is 24.0 Å². The Balaban J connectivity index is 0.00000341. The molecule has 0 saturated carbocycles. The van der Waals surface area contributed by atoms with Crippen molar-refractivity contribution < 1.29 is 9.47 Å². The fraction of sp³-hybridized carbons (Fsp3) is 0.708. The molecule has 2 aliphatic heterocycles. The van der Waals surface area contributed by atoms with Crippen molar-refractivity contribution in [3.63, 3.8) is 0 Å². The quantitative estimate of drug-likeness (QED) is 0.304. The smallest absolute Gasteiger partial charge is 0.193 e. The summed E-state index contributed by atoms with van der Waals surface area (Å²) in [6.45, 7) is 10.9. The Morgan fingerprint density at radius 3 is 2.65 bits per heavy atom. The molecule has 7 heteroatoms. The van der Waals surface area contributed by atoms with Crippen molar-refractivity contribution in [3.8, 4) is 0 Å². The number of nitrogens with zero attached hydrogens (tertiary/aromatic N) is 3. The first-order chi connectivity index (χ1) is 14.7. The van der Waals surface area contributed by atoms with Crippen LogP contribution >= 0.6 is 24.0 Å².